The second-order valence-corrected chi connectivity index (χ2v) is 7.74. The second kappa shape index (κ2) is 9.71. The minimum absolute atomic E-state index is 0.295. The number of aromatic nitrogens is 1. The van der Waals surface area contributed by atoms with Gasteiger partial charge >= 0.3 is 5.97 Å². The fraction of sp³-hybridized carbons (Fsp3) is 0.154. The highest BCUT2D eigenvalue weighted by Gasteiger charge is 2.17. The van der Waals surface area contributed by atoms with Gasteiger partial charge in [-0.15, -0.1) is 0 Å². The zero-order valence-corrected chi connectivity index (χ0v) is 18.6. The summed E-state index contributed by atoms with van der Waals surface area (Å²) in [7, 11) is 0. The van der Waals surface area contributed by atoms with Gasteiger partial charge in [-0.1, -0.05) is 41.9 Å². The fourth-order valence-corrected chi connectivity index (χ4v) is 3.52. The molecule has 0 radical (unpaired) electrons. The van der Waals surface area contributed by atoms with Crippen LogP contribution in [0.25, 0.3) is 10.9 Å². The molecule has 162 valence electrons. The molecule has 4 aromatic rings. The lowest BCUT2D eigenvalue weighted by Gasteiger charge is -2.15. The Morgan fingerprint density at radius 3 is 2.50 bits per heavy atom. The molecule has 6 heteroatoms. The van der Waals surface area contributed by atoms with Crippen LogP contribution in [0.15, 0.2) is 72.9 Å². The standard InChI is InChI=1S/C26H23ClN2O3/c1-3-31-26(30)23-15-28-24-17(2)5-4-6-22(24)25(23)29-20-11-13-21(14-12-20)32-16-18-7-9-19(27)10-8-18/h4-15H,3,16H2,1-2H3,(H,28,29). The molecule has 32 heavy (non-hydrogen) atoms. The summed E-state index contributed by atoms with van der Waals surface area (Å²) in [4.78, 5) is 17.0. The molecule has 1 aromatic heterocycles. The maximum atomic E-state index is 12.5. The van der Waals surface area contributed by atoms with Gasteiger partial charge in [-0.25, -0.2) is 4.79 Å². The number of fused-ring (bicyclic) bond motifs is 1. The molecule has 0 aliphatic heterocycles. The first-order valence-electron chi connectivity index (χ1n) is 10.3. The van der Waals surface area contributed by atoms with E-state index in [1.165, 1.54) is 0 Å². The van der Waals surface area contributed by atoms with Gasteiger partial charge in [-0.2, -0.15) is 0 Å². The summed E-state index contributed by atoms with van der Waals surface area (Å²) in [5, 5.41) is 4.94. The molecule has 0 unspecified atom stereocenters. The number of anilines is 2. The summed E-state index contributed by atoms with van der Waals surface area (Å²) in [6, 6.07) is 21.0. The lowest BCUT2D eigenvalue weighted by atomic mass is 10.1. The number of carbonyl (C=O) groups is 1. The van der Waals surface area contributed by atoms with Crippen LogP contribution in [0.5, 0.6) is 5.75 Å². The highest BCUT2D eigenvalue weighted by Crippen LogP contribution is 2.31. The fourth-order valence-electron chi connectivity index (χ4n) is 3.40. The van der Waals surface area contributed by atoms with E-state index < -0.39 is 5.97 Å². The number of carbonyl (C=O) groups excluding carboxylic acids is 1. The Morgan fingerprint density at radius 1 is 1.03 bits per heavy atom. The summed E-state index contributed by atoms with van der Waals surface area (Å²) >= 11 is 5.93. The van der Waals surface area contributed by atoms with Crippen molar-refractivity contribution >= 4 is 39.8 Å². The van der Waals surface area contributed by atoms with Crippen molar-refractivity contribution < 1.29 is 14.3 Å². The molecule has 0 atom stereocenters. The Bertz CT molecular complexity index is 1240. The van der Waals surface area contributed by atoms with Crippen molar-refractivity contribution in [1.29, 1.82) is 0 Å². The number of benzene rings is 3. The number of hydrogen-bond acceptors (Lipinski definition) is 5. The van der Waals surface area contributed by atoms with Crippen molar-refractivity contribution in [2.24, 2.45) is 0 Å². The van der Waals surface area contributed by atoms with Crippen LogP contribution in [0.1, 0.15) is 28.4 Å². The number of hydrogen-bond donors (Lipinski definition) is 1. The number of pyridine rings is 1. The third-order valence-electron chi connectivity index (χ3n) is 5.04. The van der Waals surface area contributed by atoms with E-state index in [9.17, 15) is 4.79 Å². The van der Waals surface area contributed by atoms with Crippen LogP contribution in [-0.4, -0.2) is 17.6 Å². The summed E-state index contributed by atoms with van der Waals surface area (Å²) in [6.45, 7) is 4.53. The van der Waals surface area contributed by atoms with Crippen molar-refractivity contribution in [3.63, 3.8) is 0 Å². The number of halogens is 1. The van der Waals surface area contributed by atoms with Crippen LogP contribution in [0, 0.1) is 6.92 Å². The molecule has 1 N–H and O–H groups in total. The van der Waals surface area contributed by atoms with Crippen molar-refractivity contribution in [2.75, 3.05) is 11.9 Å². The monoisotopic (exact) mass is 446 g/mol. The zero-order chi connectivity index (χ0) is 22.5. The largest absolute Gasteiger partial charge is 0.489 e. The molecule has 0 fully saturated rings. The van der Waals surface area contributed by atoms with Crippen LogP contribution in [-0.2, 0) is 11.3 Å². The molecule has 5 nitrogen and oxygen atoms in total. The van der Waals surface area contributed by atoms with Gasteiger partial charge in [0.15, 0.2) is 0 Å². The van der Waals surface area contributed by atoms with Gasteiger partial charge < -0.3 is 14.8 Å². The van der Waals surface area contributed by atoms with E-state index in [1.54, 1.807) is 13.1 Å². The number of para-hydroxylation sites is 1. The summed E-state index contributed by atoms with van der Waals surface area (Å²) in [5.74, 6) is 0.334. The van der Waals surface area contributed by atoms with Crippen LogP contribution in [0.4, 0.5) is 11.4 Å². The van der Waals surface area contributed by atoms with E-state index in [0.717, 1.165) is 33.5 Å². The van der Waals surface area contributed by atoms with Crippen LogP contribution in [0.3, 0.4) is 0 Å². The van der Waals surface area contributed by atoms with Crippen molar-refractivity contribution in [3.8, 4) is 5.75 Å². The van der Waals surface area contributed by atoms with E-state index in [4.69, 9.17) is 21.1 Å². The summed E-state index contributed by atoms with van der Waals surface area (Å²) in [5.41, 5.74) is 4.80. The lowest BCUT2D eigenvalue weighted by molar-refractivity contribution is 0.0527. The van der Waals surface area contributed by atoms with E-state index in [-0.39, 0.29) is 0 Å². The first kappa shape index (κ1) is 21.7. The molecule has 3 aromatic carbocycles. The Morgan fingerprint density at radius 2 is 1.78 bits per heavy atom. The Kier molecular flexibility index (Phi) is 6.57. The van der Waals surface area contributed by atoms with E-state index >= 15 is 0 Å². The van der Waals surface area contributed by atoms with Gasteiger partial charge in [0.1, 0.15) is 17.9 Å². The Balaban J connectivity index is 1.58. The normalized spacial score (nSPS) is 10.7. The SMILES string of the molecule is CCOC(=O)c1cnc2c(C)cccc2c1Nc1ccc(OCc2ccc(Cl)cc2)cc1. The Hall–Kier alpha value is -3.57. The van der Waals surface area contributed by atoms with Crippen LogP contribution >= 0.6 is 11.6 Å². The number of nitrogens with one attached hydrogen (secondary N) is 1. The topological polar surface area (TPSA) is 60.5 Å². The van der Waals surface area contributed by atoms with Crippen LogP contribution in [0.2, 0.25) is 5.02 Å². The molecule has 0 saturated carbocycles. The van der Waals surface area contributed by atoms with Gasteiger partial charge in [0.05, 0.1) is 17.8 Å². The Labute approximate surface area is 192 Å². The zero-order valence-electron chi connectivity index (χ0n) is 17.9. The number of nitrogens with zero attached hydrogens (tertiary/aromatic N) is 1. The molecule has 0 aliphatic rings. The van der Waals surface area contributed by atoms with Gasteiger partial charge in [0, 0.05) is 22.3 Å². The van der Waals surface area contributed by atoms with Gasteiger partial charge in [-0.05, 0) is 61.4 Å². The predicted octanol–water partition coefficient (Wildman–Crippen LogP) is 6.70. The maximum absolute atomic E-state index is 12.5. The maximum Gasteiger partial charge on any atom is 0.341 e. The minimum atomic E-state index is -0.408. The smallest absolute Gasteiger partial charge is 0.341 e. The second-order valence-electron chi connectivity index (χ2n) is 7.30. The van der Waals surface area contributed by atoms with E-state index in [0.29, 0.717) is 29.5 Å². The minimum Gasteiger partial charge on any atom is -0.489 e. The number of rotatable bonds is 7. The average Bonchev–Trinajstić information content (AvgIpc) is 2.80. The quantitative estimate of drug-likeness (QED) is 0.320. The molecule has 0 aliphatic carbocycles. The van der Waals surface area contributed by atoms with E-state index in [1.807, 2.05) is 73.7 Å². The number of esters is 1. The molecule has 0 saturated heterocycles. The molecule has 0 bridgehead atoms. The lowest BCUT2D eigenvalue weighted by Crippen LogP contribution is -2.09. The first-order valence-corrected chi connectivity index (χ1v) is 10.7. The first-order chi connectivity index (χ1) is 15.5. The third-order valence-corrected chi connectivity index (χ3v) is 5.29. The summed E-state index contributed by atoms with van der Waals surface area (Å²) in [6.07, 6.45) is 1.57. The molecule has 4 rings (SSSR count). The van der Waals surface area contributed by atoms with Crippen LogP contribution < -0.4 is 10.1 Å². The average molecular weight is 447 g/mol. The molecule has 1 heterocycles. The molecular formula is C26H23ClN2O3. The summed E-state index contributed by atoms with van der Waals surface area (Å²) < 4.78 is 11.1. The highest BCUT2D eigenvalue weighted by atomic mass is 35.5. The van der Waals surface area contributed by atoms with Gasteiger partial charge in [-0.3, -0.25) is 4.98 Å². The molecular weight excluding hydrogens is 424 g/mol. The van der Waals surface area contributed by atoms with Gasteiger partial charge in [0.2, 0.25) is 0 Å². The molecule has 0 spiro atoms. The number of ether oxygens (including phenoxy) is 2. The van der Waals surface area contributed by atoms with Crippen molar-refractivity contribution in [2.45, 2.75) is 20.5 Å². The highest BCUT2D eigenvalue weighted by molar-refractivity contribution is 6.30. The molecule has 0 amide bonds. The van der Waals surface area contributed by atoms with E-state index in [2.05, 4.69) is 10.3 Å². The third kappa shape index (κ3) is 4.84. The van der Waals surface area contributed by atoms with Crippen molar-refractivity contribution in [1.82, 2.24) is 4.98 Å². The predicted molar refractivity (Wildman–Crippen MR) is 128 cm³/mol. The van der Waals surface area contributed by atoms with Gasteiger partial charge in [0.25, 0.3) is 0 Å². The van der Waals surface area contributed by atoms with Crippen molar-refractivity contribution in [3.05, 3.63) is 94.6 Å². The number of aryl methyl sites for hydroxylation is 1.